The molecule has 1 nitrogen and oxygen atoms in total. The first kappa shape index (κ1) is 10.7. The van der Waals surface area contributed by atoms with Crippen molar-refractivity contribution in [2.24, 2.45) is 0 Å². The fourth-order valence-corrected chi connectivity index (χ4v) is 3.93. The van der Waals surface area contributed by atoms with Crippen LogP contribution in [0.5, 0.6) is 0 Å². The second kappa shape index (κ2) is 3.78. The van der Waals surface area contributed by atoms with E-state index < -0.39 is 19.4 Å². The molecule has 4 heteroatoms. The summed E-state index contributed by atoms with van der Waals surface area (Å²) in [5, 5.41) is 1.04. The third kappa shape index (κ3) is 1.71. The van der Waals surface area contributed by atoms with E-state index in [-0.39, 0.29) is 0 Å². The summed E-state index contributed by atoms with van der Waals surface area (Å²) in [7, 11) is -2.28. The molecule has 2 aromatic carbocycles. The molecule has 86 valence electrons. The Balaban J connectivity index is 2.21. The van der Waals surface area contributed by atoms with Crippen LogP contribution in [0.4, 0.5) is 8.78 Å². The number of halogens is 2. The molecular weight excluding hydrogens is 241 g/mol. The molecule has 0 atom stereocenters. The zero-order valence-corrected chi connectivity index (χ0v) is 9.84. The van der Waals surface area contributed by atoms with Crippen molar-refractivity contribution in [1.82, 2.24) is 0 Å². The lowest BCUT2D eigenvalue weighted by Crippen LogP contribution is -2.22. The first-order valence-electron chi connectivity index (χ1n) is 5.27. The van der Waals surface area contributed by atoms with Crippen molar-refractivity contribution in [3.63, 3.8) is 0 Å². The van der Waals surface area contributed by atoms with Gasteiger partial charge in [0.25, 0.3) is 0 Å². The van der Waals surface area contributed by atoms with Crippen molar-refractivity contribution in [2.75, 3.05) is 0 Å². The van der Waals surface area contributed by atoms with E-state index in [0.29, 0.717) is 17.0 Å². The van der Waals surface area contributed by atoms with Crippen LogP contribution in [-0.2, 0) is 11.0 Å². The van der Waals surface area contributed by atoms with E-state index in [0.717, 1.165) is 11.1 Å². The van der Waals surface area contributed by atoms with Gasteiger partial charge < -0.3 is 4.57 Å². The summed E-state index contributed by atoms with van der Waals surface area (Å²) in [6, 6.07) is 8.62. The summed E-state index contributed by atoms with van der Waals surface area (Å²) in [6.07, 6.45) is 0.585. The fraction of sp³-hybridized carbons (Fsp3) is 0.0769. The van der Waals surface area contributed by atoms with Crippen molar-refractivity contribution in [3.8, 4) is 0 Å². The maximum absolute atomic E-state index is 13.1. The average molecular weight is 250 g/mol. The maximum atomic E-state index is 13.1. The summed E-state index contributed by atoms with van der Waals surface area (Å²) in [4.78, 5) is 0. The third-order valence-electron chi connectivity index (χ3n) is 3.01. The number of rotatable bonds is 0. The van der Waals surface area contributed by atoms with Crippen LogP contribution in [0.1, 0.15) is 11.1 Å². The van der Waals surface area contributed by atoms with E-state index >= 15 is 0 Å². The van der Waals surface area contributed by atoms with E-state index in [1.54, 1.807) is 12.1 Å². The summed E-state index contributed by atoms with van der Waals surface area (Å²) in [5.41, 5.74) is 1.74. The Morgan fingerprint density at radius 3 is 1.82 bits per heavy atom. The molecule has 1 heterocycles. The molecule has 1 aliphatic heterocycles. The summed E-state index contributed by atoms with van der Waals surface area (Å²) >= 11 is 0. The topological polar surface area (TPSA) is 17.1 Å². The first-order valence-corrected chi connectivity index (χ1v) is 6.67. The molecule has 0 radical (unpaired) electrons. The van der Waals surface area contributed by atoms with Crippen LogP contribution in [0.15, 0.2) is 36.4 Å². The standard InChI is InChI=1S/C13H9F2OP/c14-10-3-1-8-5-9-2-4-11(15)7-13(9)17(16)12(8)6-10/h1-4,6-7,17H,5H2. The van der Waals surface area contributed by atoms with Crippen LogP contribution in [0.3, 0.4) is 0 Å². The molecule has 1 aliphatic rings. The first-order chi connectivity index (χ1) is 8.15. The molecule has 0 saturated heterocycles. The van der Waals surface area contributed by atoms with Gasteiger partial charge in [-0.25, -0.2) is 8.78 Å². The highest BCUT2D eigenvalue weighted by Gasteiger charge is 2.22. The highest BCUT2D eigenvalue weighted by atomic mass is 31.1. The van der Waals surface area contributed by atoms with E-state index in [2.05, 4.69) is 0 Å². The molecule has 0 amide bonds. The molecule has 2 aromatic rings. The van der Waals surface area contributed by atoms with Crippen LogP contribution in [0.25, 0.3) is 0 Å². The quantitative estimate of drug-likeness (QED) is 0.560. The number of fused-ring (bicyclic) bond motifs is 2. The van der Waals surface area contributed by atoms with Gasteiger partial charge in [-0.15, -0.1) is 0 Å². The van der Waals surface area contributed by atoms with Gasteiger partial charge >= 0.3 is 0 Å². The van der Waals surface area contributed by atoms with Crippen LogP contribution in [-0.4, -0.2) is 0 Å². The Hall–Kier alpha value is -1.47. The lowest BCUT2D eigenvalue weighted by Gasteiger charge is -2.19. The van der Waals surface area contributed by atoms with Gasteiger partial charge in [0, 0.05) is 10.6 Å². The molecule has 0 fully saturated rings. The Kier molecular flexibility index (Phi) is 2.37. The number of hydrogen-bond donors (Lipinski definition) is 0. The molecular formula is C13H9F2OP. The van der Waals surface area contributed by atoms with Gasteiger partial charge in [0.2, 0.25) is 0 Å². The Labute approximate surface area is 97.9 Å². The third-order valence-corrected chi connectivity index (χ3v) is 4.92. The number of hydrogen-bond acceptors (Lipinski definition) is 1. The second-order valence-corrected chi connectivity index (χ2v) is 5.84. The van der Waals surface area contributed by atoms with Crippen molar-refractivity contribution in [3.05, 3.63) is 59.2 Å². The highest BCUT2D eigenvalue weighted by molar-refractivity contribution is 7.61. The molecule has 17 heavy (non-hydrogen) atoms. The zero-order chi connectivity index (χ0) is 12.0. The molecule has 0 unspecified atom stereocenters. The summed E-state index contributed by atoms with van der Waals surface area (Å²) < 4.78 is 38.5. The van der Waals surface area contributed by atoms with Gasteiger partial charge in [-0.05, 0) is 41.8 Å². The average Bonchev–Trinajstić information content (AvgIpc) is 2.32. The Bertz CT molecular complexity index is 584. The van der Waals surface area contributed by atoms with E-state index in [1.807, 2.05) is 0 Å². The van der Waals surface area contributed by atoms with Crippen LogP contribution in [0, 0.1) is 11.6 Å². The minimum atomic E-state index is -2.28. The van der Waals surface area contributed by atoms with Gasteiger partial charge in [-0.2, -0.15) is 0 Å². The smallest absolute Gasteiger partial charge is 0.132 e. The lowest BCUT2D eigenvalue weighted by atomic mass is 10.0. The van der Waals surface area contributed by atoms with E-state index in [9.17, 15) is 13.3 Å². The van der Waals surface area contributed by atoms with Gasteiger partial charge in [-0.1, -0.05) is 12.1 Å². The Morgan fingerprint density at radius 1 is 0.882 bits per heavy atom. The molecule has 0 N–H and O–H groups in total. The summed E-state index contributed by atoms with van der Waals surface area (Å²) in [6.45, 7) is 0. The molecule has 3 rings (SSSR count). The summed E-state index contributed by atoms with van der Waals surface area (Å²) in [5.74, 6) is -0.802. The van der Waals surface area contributed by atoms with Crippen LogP contribution < -0.4 is 10.6 Å². The molecule has 0 aromatic heterocycles. The SMILES string of the molecule is O=[PH]1c2cc(F)ccc2Cc2ccc(F)cc21. The second-order valence-electron chi connectivity index (χ2n) is 4.11. The largest absolute Gasteiger partial charge is 0.317 e. The van der Waals surface area contributed by atoms with Crippen molar-refractivity contribution >= 4 is 18.4 Å². The van der Waals surface area contributed by atoms with Crippen LogP contribution >= 0.6 is 7.80 Å². The molecule has 0 aliphatic carbocycles. The van der Waals surface area contributed by atoms with Gasteiger partial charge in [0.1, 0.15) is 19.4 Å². The normalized spacial score (nSPS) is 14.2. The van der Waals surface area contributed by atoms with Gasteiger partial charge in [0.05, 0.1) is 0 Å². The minimum absolute atomic E-state index is 0.401. The number of benzene rings is 2. The van der Waals surface area contributed by atoms with Crippen molar-refractivity contribution < 1.29 is 13.3 Å². The monoisotopic (exact) mass is 250 g/mol. The molecule has 0 spiro atoms. The Morgan fingerprint density at radius 2 is 1.35 bits per heavy atom. The van der Waals surface area contributed by atoms with Crippen molar-refractivity contribution in [1.29, 1.82) is 0 Å². The molecule has 0 bridgehead atoms. The highest BCUT2D eigenvalue weighted by Crippen LogP contribution is 2.30. The zero-order valence-electron chi connectivity index (χ0n) is 8.84. The van der Waals surface area contributed by atoms with Crippen LogP contribution in [0.2, 0.25) is 0 Å². The molecule has 0 saturated carbocycles. The van der Waals surface area contributed by atoms with E-state index in [1.165, 1.54) is 24.3 Å². The van der Waals surface area contributed by atoms with Crippen molar-refractivity contribution in [2.45, 2.75) is 6.42 Å². The van der Waals surface area contributed by atoms with Gasteiger partial charge in [0.15, 0.2) is 0 Å². The predicted molar refractivity (Wildman–Crippen MR) is 63.9 cm³/mol. The predicted octanol–water partition coefficient (Wildman–Crippen LogP) is 2.38. The van der Waals surface area contributed by atoms with E-state index in [4.69, 9.17) is 0 Å². The minimum Gasteiger partial charge on any atom is -0.317 e. The maximum Gasteiger partial charge on any atom is 0.132 e. The fourth-order valence-electron chi connectivity index (χ4n) is 2.18. The van der Waals surface area contributed by atoms with Gasteiger partial charge in [-0.3, -0.25) is 0 Å². The lowest BCUT2D eigenvalue weighted by molar-refractivity contribution is 0.595.